The molecule has 0 fully saturated rings. The number of hydrogen-bond acceptors (Lipinski definition) is 3. The second-order valence-corrected chi connectivity index (χ2v) is 4.30. The lowest BCUT2D eigenvalue weighted by atomic mass is 9.91. The van der Waals surface area contributed by atoms with Crippen LogP contribution in [0.5, 0.6) is 11.5 Å². The number of rotatable bonds is 4. The molecule has 4 heteroatoms. The lowest BCUT2D eigenvalue weighted by molar-refractivity contribution is -0.131. The second-order valence-electron chi connectivity index (χ2n) is 4.30. The van der Waals surface area contributed by atoms with E-state index in [0.717, 1.165) is 35.8 Å². The fourth-order valence-corrected chi connectivity index (χ4v) is 2.15. The minimum absolute atomic E-state index is 0.681. The number of carbonyl (C=O) groups is 1. The Morgan fingerprint density at radius 1 is 1.21 bits per heavy atom. The molecule has 0 heterocycles. The largest absolute Gasteiger partial charge is 0.493 e. The molecule has 100 valence electrons. The summed E-state index contributed by atoms with van der Waals surface area (Å²) in [4.78, 5) is 10.5. The number of benzene rings is 1. The van der Waals surface area contributed by atoms with Gasteiger partial charge in [-0.2, -0.15) is 0 Å². The highest BCUT2D eigenvalue weighted by atomic mass is 16.5. The molecule has 1 aromatic rings. The van der Waals surface area contributed by atoms with Gasteiger partial charge in [0.15, 0.2) is 11.5 Å². The van der Waals surface area contributed by atoms with E-state index in [2.05, 4.69) is 0 Å². The fraction of sp³-hybridized carbons (Fsp3) is 0.267. The molecule has 1 aromatic carbocycles. The second kappa shape index (κ2) is 5.61. The molecule has 0 aliphatic heterocycles. The minimum Gasteiger partial charge on any atom is -0.493 e. The van der Waals surface area contributed by atoms with Crippen molar-refractivity contribution in [3.8, 4) is 11.5 Å². The van der Waals surface area contributed by atoms with Gasteiger partial charge in [-0.1, -0.05) is 12.2 Å². The van der Waals surface area contributed by atoms with Gasteiger partial charge in [-0.15, -0.1) is 0 Å². The lowest BCUT2D eigenvalue weighted by Gasteiger charge is -2.17. The Labute approximate surface area is 112 Å². The molecule has 0 atom stereocenters. The molecule has 0 saturated carbocycles. The van der Waals surface area contributed by atoms with Gasteiger partial charge in [0, 0.05) is 6.08 Å². The van der Waals surface area contributed by atoms with Gasteiger partial charge in [0.05, 0.1) is 14.2 Å². The summed E-state index contributed by atoms with van der Waals surface area (Å²) in [5.41, 5.74) is 3.24. The van der Waals surface area contributed by atoms with E-state index >= 15 is 0 Å². The number of fused-ring (bicyclic) bond motifs is 1. The lowest BCUT2D eigenvalue weighted by Crippen LogP contribution is -2.01. The van der Waals surface area contributed by atoms with Crippen molar-refractivity contribution >= 4 is 12.0 Å². The number of allylic oxidation sites excluding steroid dienone is 2. The smallest absolute Gasteiger partial charge is 0.328 e. The van der Waals surface area contributed by atoms with Crippen LogP contribution in [0, 0.1) is 0 Å². The number of methoxy groups -OCH3 is 2. The number of aliphatic carboxylic acids is 1. The molecular formula is C15H16O4. The summed E-state index contributed by atoms with van der Waals surface area (Å²) in [6.45, 7) is 0. The predicted molar refractivity (Wildman–Crippen MR) is 72.6 cm³/mol. The number of hydrogen-bond donors (Lipinski definition) is 1. The Balaban J connectivity index is 2.36. The molecule has 0 unspecified atom stereocenters. The van der Waals surface area contributed by atoms with Gasteiger partial charge in [-0.3, -0.25) is 0 Å². The van der Waals surface area contributed by atoms with Gasteiger partial charge < -0.3 is 14.6 Å². The molecular weight excluding hydrogens is 244 g/mol. The van der Waals surface area contributed by atoms with Crippen LogP contribution in [0.15, 0.2) is 29.9 Å². The summed E-state index contributed by atoms with van der Waals surface area (Å²) < 4.78 is 10.5. The monoisotopic (exact) mass is 260 g/mol. The van der Waals surface area contributed by atoms with E-state index in [1.54, 1.807) is 20.3 Å². The van der Waals surface area contributed by atoms with Crippen molar-refractivity contribution in [2.45, 2.75) is 12.8 Å². The summed E-state index contributed by atoms with van der Waals surface area (Å²) >= 11 is 0. The third-order valence-corrected chi connectivity index (χ3v) is 3.11. The average Bonchev–Trinajstić information content (AvgIpc) is 2.43. The van der Waals surface area contributed by atoms with Crippen molar-refractivity contribution < 1.29 is 19.4 Å². The van der Waals surface area contributed by atoms with Gasteiger partial charge in [-0.05, 0) is 41.7 Å². The molecule has 19 heavy (non-hydrogen) atoms. The van der Waals surface area contributed by atoms with E-state index in [1.807, 2.05) is 18.2 Å². The van der Waals surface area contributed by atoms with E-state index in [-0.39, 0.29) is 0 Å². The summed E-state index contributed by atoms with van der Waals surface area (Å²) in [5, 5.41) is 8.64. The maximum atomic E-state index is 10.5. The van der Waals surface area contributed by atoms with E-state index in [0.29, 0.717) is 5.75 Å². The molecule has 0 aromatic heterocycles. The molecule has 0 radical (unpaired) electrons. The molecule has 2 rings (SSSR count). The SMILES string of the molecule is COc1cc2c(cc1OC)CCC(/C=C/C(=O)O)=C2. The van der Waals surface area contributed by atoms with Crippen LogP contribution in [0.3, 0.4) is 0 Å². The summed E-state index contributed by atoms with van der Waals surface area (Å²) in [6, 6.07) is 3.89. The molecule has 0 saturated heterocycles. The van der Waals surface area contributed by atoms with Crippen LogP contribution < -0.4 is 9.47 Å². The first-order valence-corrected chi connectivity index (χ1v) is 6.00. The molecule has 1 aliphatic carbocycles. The molecule has 0 amide bonds. The number of carboxylic acid groups (broad SMARTS) is 1. The van der Waals surface area contributed by atoms with Gasteiger partial charge >= 0.3 is 5.97 Å². The Morgan fingerprint density at radius 2 is 1.89 bits per heavy atom. The number of ether oxygens (including phenoxy) is 2. The zero-order valence-corrected chi connectivity index (χ0v) is 11.0. The maximum absolute atomic E-state index is 10.5. The Morgan fingerprint density at radius 3 is 2.53 bits per heavy atom. The number of carboxylic acids is 1. The van der Waals surface area contributed by atoms with Crippen molar-refractivity contribution in [1.29, 1.82) is 0 Å². The molecule has 0 bridgehead atoms. The van der Waals surface area contributed by atoms with Crippen LogP contribution in [0.25, 0.3) is 6.08 Å². The first-order chi connectivity index (χ1) is 9.13. The zero-order valence-electron chi connectivity index (χ0n) is 11.0. The molecule has 1 N–H and O–H groups in total. The van der Waals surface area contributed by atoms with Crippen LogP contribution >= 0.6 is 0 Å². The normalized spacial score (nSPS) is 13.9. The van der Waals surface area contributed by atoms with Gasteiger partial charge in [0.25, 0.3) is 0 Å². The quantitative estimate of drug-likeness (QED) is 0.846. The van der Waals surface area contributed by atoms with E-state index in [9.17, 15) is 4.79 Å². The third-order valence-electron chi connectivity index (χ3n) is 3.11. The molecule has 0 spiro atoms. The van der Waals surface area contributed by atoms with Crippen LogP contribution in [0.1, 0.15) is 17.5 Å². The highest BCUT2D eigenvalue weighted by Crippen LogP contribution is 2.35. The van der Waals surface area contributed by atoms with Gasteiger partial charge in [-0.25, -0.2) is 4.79 Å². The Kier molecular flexibility index (Phi) is 3.90. The van der Waals surface area contributed by atoms with Gasteiger partial charge in [0.2, 0.25) is 0 Å². The molecule has 4 nitrogen and oxygen atoms in total. The van der Waals surface area contributed by atoms with Crippen LogP contribution in [0.2, 0.25) is 0 Å². The highest BCUT2D eigenvalue weighted by molar-refractivity contribution is 5.81. The minimum atomic E-state index is -0.931. The van der Waals surface area contributed by atoms with E-state index in [4.69, 9.17) is 14.6 Å². The Hall–Kier alpha value is -2.23. The maximum Gasteiger partial charge on any atom is 0.328 e. The van der Waals surface area contributed by atoms with Crippen LogP contribution in [-0.4, -0.2) is 25.3 Å². The third kappa shape index (κ3) is 2.96. The van der Waals surface area contributed by atoms with Crippen molar-refractivity contribution in [2.24, 2.45) is 0 Å². The Bertz CT molecular complexity index is 556. The standard InChI is InChI=1S/C15H16O4/c1-18-13-8-11-5-3-10(4-6-15(16)17)7-12(11)9-14(13)19-2/h4,6-9H,3,5H2,1-2H3,(H,16,17)/b6-4+. The fourth-order valence-electron chi connectivity index (χ4n) is 2.15. The topological polar surface area (TPSA) is 55.8 Å². The zero-order chi connectivity index (χ0) is 13.8. The summed E-state index contributed by atoms with van der Waals surface area (Å²) in [7, 11) is 3.21. The van der Waals surface area contributed by atoms with Crippen molar-refractivity contribution in [3.63, 3.8) is 0 Å². The molecule has 1 aliphatic rings. The predicted octanol–water partition coefficient (Wildman–Crippen LogP) is 2.67. The first-order valence-electron chi connectivity index (χ1n) is 6.00. The van der Waals surface area contributed by atoms with Gasteiger partial charge in [0.1, 0.15) is 0 Å². The van der Waals surface area contributed by atoms with Crippen molar-refractivity contribution in [1.82, 2.24) is 0 Å². The van der Waals surface area contributed by atoms with E-state index < -0.39 is 5.97 Å². The van der Waals surface area contributed by atoms with Crippen LogP contribution in [0.4, 0.5) is 0 Å². The van der Waals surface area contributed by atoms with Crippen LogP contribution in [-0.2, 0) is 11.2 Å². The van der Waals surface area contributed by atoms with Crippen molar-refractivity contribution in [3.05, 3.63) is 41.0 Å². The summed E-state index contributed by atoms with van der Waals surface area (Å²) in [5.74, 6) is 0.471. The van der Waals surface area contributed by atoms with Crippen molar-refractivity contribution in [2.75, 3.05) is 14.2 Å². The average molecular weight is 260 g/mol. The highest BCUT2D eigenvalue weighted by Gasteiger charge is 2.14. The number of aryl methyl sites for hydroxylation is 1. The van der Waals surface area contributed by atoms with E-state index in [1.165, 1.54) is 5.56 Å². The summed E-state index contributed by atoms with van der Waals surface area (Å²) in [6.07, 6.45) is 6.48. The first kappa shape index (κ1) is 13.2.